The third-order valence-electron chi connectivity index (χ3n) is 3.40. The zero-order valence-corrected chi connectivity index (χ0v) is 17.0. The van der Waals surface area contributed by atoms with Gasteiger partial charge >= 0.3 is 0 Å². The highest BCUT2D eigenvalue weighted by Gasteiger charge is 2.22. The summed E-state index contributed by atoms with van der Waals surface area (Å²) in [5.41, 5.74) is 0.717. The van der Waals surface area contributed by atoms with Crippen LogP contribution in [0.4, 0.5) is 5.13 Å². The van der Waals surface area contributed by atoms with Crippen molar-refractivity contribution >= 4 is 57.3 Å². The van der Waals surface area contributed by atoms with Crippen LogP contribution >= 0.6 is 46.3 Å². The number of rotatable bonds is 6. The van der Waals surface area contributed by atoms with Gasteiger partial charge in [-0.3, -0.25) is 10.1 Å². The van der Waals surface area contributed by atoms with Gasteiger partial charge in [-0.1, -0.05) is 53.2 Å². The van der Waals surface area contributed by atoms with Gasteiger partial charge in [0.15, 0.2) is 10.2 Å². The standard InChI is InChI=1S/C15H14Cl2N6OS2/c1-3-11(25-15-22-18-7-23(15)2)12(24)19-14-21-20-13(26-14)9-5-4-8(16)6-10(9)17/h4-7,11H,3H2,1-2H3,(H,19,21,24). The number of nitrogens with one attached hydrogen (secondary N) is 1. The van der Waals surface area contributed by atoms with Gasteiger partial charge in [-0.15, -0.1) is 20.4 Å². The number of aromatic nitrogens is 5. The Morgan fingerprint density at radius 3 is 2.81 bits per heavy atom. The van der Waals surface area contributed by atoms with Crippen molar-refractivity contribution in [3.05, 3.63) is 34.6 Å². The van der Waals surface area contributed by atoms with Gasteiger partial charge in [-0.05, 0) is 24.6 Å². The van der Waals surface area contributed by atoms with Crippen LogP contribution in [0.3, 0.4) is 0 Å². The molecular weight excluding hydrogens is 415 g/mol. The zero-order valence-electron chi connectivity index (χ0n) is 13.8. The van der Waals surface area contributed by atoms with Crippen molar-refractivity contribution in [2.24, 2.45) is 7.05 Å². The Morgan fingerprint density at radius 2 is 2.15 bits per heavy atom. The van der Waals surface area contributed by atoms with E-state index in [-0.39, 0.29) is 11.2 Å². The molecule has 11 heteroatoms. The Bertz CT molecular complexity index is 929. The fourth-order valence-corrected chi connectivity index (χ4v) is 4.30. The number of benzene rings is 1. The molecule has 1 unspecified atom stereocenters. The molecule has 0 saturated carbocycles. The Balaban J connectivity index is 1.71. The van der Waals surface area contributed by atoms with Crippen LogP contribution in [0, 0.1) is 0 Å². The molecule has 2 aromatic heterocycles. The number of amides is 1. The summed E-state index contributed by atoms with van der Waals surface area (Å²) in [6.07, 6.45) is 2.23. The lowest BCUT2D eigenvalue weighted by atomic mass is 10.2. The van der Waals surface area contributed by atoms with Crippen LogP contribution in [0.5, 0.6) is 0 Å². The van der Waals surface area contributed by atoms with E-state index in [0.717, 1.165) is 5.56 Å². The molecule has 3 aromatic rings. The zero-order chi connectivity index (χ0) is 18.7. The number of halogens is 2. The second-order valence-corrected chi connectivity index (χ2v) is 8.26. The molecule has 7 nitrogen and oxygen atoms in total. The first kappa shape index (κ1) is 19.1. The van der Waals surface area contributed by atoms with E-state index in [1.54, 1.807) is 29.1 Å². The molecule has 0 aliphatic carbocycles. The maximum absolute atomic E-state index is 12.5. The molecule has 1 atom stereocenters. The van der Waals surface area contributed by atoms with E-state index in [1.165, 1.54) is 23.1 Å². The SMILES string of the molecule is CCC(Sc1nncn1C)C(=O)Nc1nnc(-c2ccc(Cl)cc2Cl)s1. The van der Waals surface area contributed by atoms with Crippen LogP contribution in [-0.2, 0) is 11.8 Å². The maximum Gasteiger partial charge on any atom is 0.239 e. The lowest BCUT2D eigenvalue weighted by Gasteiger charge is -2.12. The van der Waals surface area contributed by atoms with E-state index in [9.17, 15) is 4.79 Å². The number of carbonyl (C=O) groups excluding carboxylic acids is 1. The average Bonchev–Trinajstić information content (AvgIpc) is 3.21. The second-order valence-electron chi connectivity index (χ2n) is 5.26. The largest absolute Gasteiger partial charge is 0.312 e. The molecule has 0 fully saturated rings. The van der Waals surface area contributed by atoms with Crippen molar-refractivity contribution in [1.29, 1.82) is 0 Å². The van der Waals surface area contributed by atoms with Gasteiger partial charge in [-0.25, -0.2) is 0 Å². The van der Waals surface area contributed by atoms with Crippen LogP contribution < -0.4 is 5.32 Å². The molecule has 1 amide bonds. The summed E-state index contributed by atoms with van der Waals surface area (Å²) in [5.74, 6) is -0.162. The summed E-state index contributed by atoms with van der Waals surface area (Å²) in [5, 5.41) is 21.2. The first-order chi connectivity index (χ1) is 12.5. The molecular formula is C15H14Cl2N6OS2. The van der Waals surface area contributed by atoms with Crippen molar-refractivity contribution < 1.29 is 4.79 Å². The molecule has 26 heavy (non-hydrogen) atoms. The smallest absolute Gasteiger partial charge is 0.239 e. The van der Waals surface area contributed by atoms with Crippen molar-refractivity contribution in [1.82, 2.24) is 25.0 Å². The predicted octanol–water partition coefficient (Wildman–Crippen LogP) is 4.15. The maximum atomic E-state index is 12.5. The van der Waals surface area contributed by atoms with E-state index in [0.29, 0.717) is 31.8 Å². The highest BCUT2D eigenvalue weighted by atomic mass is 35.5. The van der Waals surface area contributed by atoms with Crippen molar-refractivity contribution in [2.45, 2.75) is 23.8 Å². The molecule has 0 saturated heterocycles. The summed E-state index contributed by atoms with van der Waals surface area (Å²) < 4.78 is 1.77. The highest BCUT2D eigenvalue weighted by molar-refractivity contribution is 8.00. The summed E-state index contributed by atoms with van der Waals surface area (Å²) in [4.78, 5) is 12.5. The molecule has 3 rings (SSSR count). The van der Waals surface area contributed by atoms with Gasteiger partial charge < -0.3 is 4.57 Å². The molecule has 136 valence electrons. The highest BCUT2D eigenvalue weighted by Crippen LogP contribution is 2.34. The van der Waals surface area contributed by atoms with Gasteiger partial charge in [0.05, 0.1) is 10.3 Å². The van der Waals surface area contributed by atoms with Gasteiger partial charge in [0.2, 0.25) is 11.0 Å². The Labute approximate surface area is 168 Å². The molecule has 0 aliphatic rings. The molecule has 1 aromatic carbocycles. The Kier molecular flexibility index (Phi) is 6.13. The summed E-state index contributed by atoms with van der Waals surface area (Å²) in [7, 11) is 1.83. The molecule has 0 aliphatic heterocycles. The molecule has 1 N–H and O–H groups in total. The fraction of sp³-hybridized carbons (Fsp3) is 0.267. The van der Waals surface area contributed by atoms with E-state index in [2.05, 4.69) is 25.7 Å². The number of hydrogen-bond donors (Lipinski definition) is 1. The third-order valence-corrected chi connectivity index (χ3v) is 6.23. The van der Waals surface area contributed by atoms with Gasteiger partial charge in [0.25, 0.3) is 0 Å². The number of carbonyl (C=O) groups is 1. The number of anilines is 1. The topological polar surface area (TPSA) is 85.6 Å². The van der Waals surface area contributed by atoms with Gasteiger partial charge in [0, 0.05) is 17.6 Å². The van der Waals surface area contributed by atoms with Crippen LogP contribution in [0.15, 0.2) is 29.7 Å². The van der Waals surface area contributed by atoms with Crippen LogP contribution in [-0.4, -0.2) is 36.1 Å². The van der Waals surface area contributed by atoms with Crippen LogP contribution in [0.25, 0.3) is 10.6 Å². The molecule has 2 heterocycles. The van der Waals surface area contributed by atoms with E-state index in [1.807, 2.05) is 14.0 Å². The second kappa shape index (κ2) is 8.34. The Hall–Kier alpha value is -1.68. The lowest BCUT2D eigenvalue weighted by molar-refractivity contribution is -0.115. The Morgan fingerprint density at radius 1 is 1.35 bits per heavy atom. The number of hydrogen-bond acceptors (Lipinski definition) is 7. The number of aryl methyl sites for hydroxylation is 1. The molecule has 0 bridgehead atoms. The molecule has 0 spiro atoms. The predicted molar refractivity (Wildman–Crippen MR) is 105 cm³/mol. The van der Waals surface area contributed by atoms with Crippen molar-refractivity contribution in [3.63, 3.8) is 0 Å². The normalized spacial score (nSPS) is 12.2. The van der Waals surface area contributed by atoms with Crippen molar-refractivity contribution in [3.8, 4) is 10.6 Å². The van der Waals surface area contributed by atoms with Gasteiger partial charge in [-0.2, -0.15) is 0 Å². The minimum atomic E-state index is -0.315. The monoisotopic (exact) mass is 428 g/mol. The number of thioether (sulfide) groups is 1. The van der Waals surface area contributed by atoms with E-state index < -0.39 is 0 Å². The summed E-state index contributed by atoms with van der Waals surface area (Å²) in [6, 6.07) is 5.14. The van der Waals surface area contributed by atoms with Crippen LogP contribution in [0.1, 0.15) is 13.3 Å². The minimum Gasteiger partial charge on any atom is -0.312 e. The van der Waals surface area contributed by atoms with Crippen LogP contribution in [0.2, 0.25) is 10.0 Å². The first-order valence-electron chi connectivity index (χ1n) is 7.58. The van der Waals surface area contributed by atoms with E-state index in [4.69, 9.17) is 23.2 Å². The van der Waals surface area contributed by atoms with E-state index >= 15 is 0 Å². The fourth-order valence-electron chi connectivity index (χ4n) is 2.06. The molecule has 0 radical (unpaired) electrons. The number of nitrogens with zero attached hydrogens (tertiary/aromatic N) is 5. The summed E-state index contributed by atoms with van der Waals surface area (Å²) in [6.45, 7) is 1.94. The third kappa shape index (κ3) is 4.35. The first-order valence-corrected chi connectivity index (χ1v) is 10.0. The van der Waals surface area contributed by atoms with Gasteiger partial charge in [0.1, 0.15) is 6.33 Å². The lowest BCUT2D eigenvalue weighted by Crippen LogP contribution is -2.24. The van der Waals surface area contributed by atoms with Crippen molar-refractivity contribution in [2.75, 3.05) is 5.32 Å². The quantitative estimate of drug-likeness (QED) is 0.593. The minimum absolute atomic E-state index is 0.162. The summed E-state index contributed by atoms with van der Waals surface area (Å²) >= 11 is 14.7. The average molecular weight is 429 g/mol.